The number of nitrogens with one attached hydrogen (secondary N) is 2. The van der Waals surface area contributed by atoms with E-state index >= 15 is 0 Å². The van der Waals surface area contributed by atoms with E-state index in [9.17, 15) is 0 Å². The zero-order valence-electron chi connectivity index (χ0n) is 13.9. The first-order chi connectivity index (χ1) is 11.1. The molecule has 3 aromatic rings. The fourth-order valence-electron chi connectivity index (χ4n) is 2.31. The molecule has 130 valence electrons. The highest BCUT2D eigenvalue weighted by Crippen LogP contribution is 2.26. The van der Waals surface area contributed by atoms with Crippen LogP contribution in [0.3, 0.4) is 0 Å². The number of thiophene rings is 1. The Morgan fingerprint density at radius 2 is 2.12 bits per heavy atom. The molecule has 3 aromatic heterocycles. The fourth-order valence-corrected chi connectivity index (χ4v) is 3.88. The molecule has 3 heterocycles. The van der Waals surface area contributed by atoms with Gasteiger partial charge in [0.1, 0.15) is 0 Å². The predicted octanol–water partition coefficient (Wildman–Crippen LogP) is 3.72. The highest BCUT2D eigenvalue weighted by molar-refractivity contribution is 14.0. The van der Waals surface area contributed by atoms with E-state index in [4.69, 9.17) is 0 Å². The van der Waals surface area contributed by atoms with E-state index in [1.165, 1.54) is 4.88 Å². The van der Waals surface area contributed by atoms with Gasteiger partial charge in [-0.3, -0.25) is 9.39 Å². The predicted molar refractivity (Wildman–Crippen MR) is 114 cm³/mol. The molecule has 3 rings (SSSR count). The summed E-state index contributed by atoms with van der Waals surface area (Å²) in [6, 6.07) is 4.28. The summed E-state index contributed by atoms with van der Waals surface area (Å²) >= 11 is 3.43. The standard InChI is InChI=1S/C16H21N5S2.HI/c1-16(2,13-5-4-7-22-13)11-19-14(17-3)18-9-12-10-21-6-8-23-15(21)20-12;/h4-8,10H,9,11H2,1-3H3,(H2,17,18,19);1H. The zero-order valence-corrected chi connectivity index (χ0v) is 17.9. The summed E-state index contributed by atoms with van der Waals surface area (Å²) in [6.07, 6.45) is 4.06. The number of halogens is 1. The molecule has 0 aliphatic carbocycles. The second-order valence-corrected chi connectivity index (χ2v) is 7.79. The molecular weight excluding hydrogens is 453 g/mol. The molecule has 0 radical (unpaired) electrons. The maximum absolute atomic E-state index is 4.57. The van der Waals surface area contributed by atoms with Crippen molar-refractivity contribution in [1.82, 2.24) is 20.0 Å². The maximum Gasteiger partial charge on any atom is 0.193 e. The Balaban J connectivity index is 0.00000208. The van der Waals surface area contributed by atoms with Crippen LogP contribution in [0.2, 0.25) is 0 Å². The van der Waals surface area contributed by atoms with E-state index in [0.717, 1.165) is 23.2 Å². The second kappa shape index (κ2) is 8.30. The van der Waals surface area contributed by atoms with Gasteiger partial charge in [-0.1, -0.05) is 19.9 Å². The van der Waals surface area contributed by atoms with Crippen LogP contribution in [0.1, 0.15) is 24.4 Å². The van der Waals surface area contributed by atoms with E-state index in [1.54, 1.807) is 29.7 Å². The summed E-state index contributed by atoms with van der Waals surface area (Å²) in [6.45, 7) is 5.96. The third-order valence-corrected chi connectivity index (χ3v) is 5.70. The number of rotatable bonds is 5. The zero-order chi connectivity index (χ0) is 16.3. The normalized spacial score (nSPS) is 12.2. The second-order valence-electron chi connectivity index (χ2n) is 5.97. The van der Waals surface area contributed by atoms with E-state index in [0.29, 0.717) is 6.54 Å². The molecule has 2 N–H and O–H groups in total. The summed E-state index contributed by atoms with van der Waals surface area (Å²) in [5.74, 6) is 0.797. The number of fused-ring (bicyclic) bond motifs is 1. The highest BCUT2D eigenvalue weighted by atomic mass is 127. The SMILES string of the molecule is CN=C(NCc1cn2ccsc2n1)NCC(C)(C)c1cccs1.I. The van der Waals surface area contributed by atoms with Crippen molar-refractivity contribution in [3.63, 3.8) is 0 Å². The molecule has 0 spiro atoms. The molecule has 0 fully saturated rings. The van der Waals surface area contributed by atoms with Gasteiger partial charge in [-0.05, 0) is 11.4 Å². The van der Waals surface area contributed by atoms with Gasteiger partial charge in [0.05, 0.1) is 12.2 Å². The number of hydrogen-bond acceptors (Lipinski definition) is 4. The molecular formula is C16H22IN5S2. The molecule has 0 bridgehead atoms. The van der Waals surface area contributed by atoms with Crippen LogP contribution in [0, 0.1) is 0 Å². The van der Waals surface area contributed by atoms with Crippen molar-refractivity contribution in [2.75, 3.05) is 13.6 Å². The quantitative estimate of drug-likeness (QED) is 0.336. The first-order valence-corrected chi connectivity index (χ1v) is 9.24. The number of hydrogen-bond donors (Lipinski definition) is 2. The fraction of sp³-hybridized carbons (Fsp3) is 0.375. The molecule has 0 saturated carbocycles. The Morgan fingerprint density at radius 1 is 1.29 bits per heavy atom. The largest absolute Gasteiger partial charge is 0.356 e. The van der Waals surface area contributed by atoms with Crippen molar-refractivity contribution in [2.45, 2.75) is 25.8 Å². The summed E-state index contributed by atoms with van der Waals surface area (Å²) in [7, 11) is 1.79. The minimum absolute atomic E-state index is 0. The van der Waals surface area contributed by atoms with Crippen LogP contribution in [0.15, 0.2) is 40.3 Å². The average molecular weight is 475 g/mol. The highest BCUT2D eigenvalue weighted by Gasteiger charge is 2.21. The molecule has 0 aliphatic rings. The summed E-state index contributed by atoms with van der Waals surface area (Å²) < 4.78 is 2.04. The molecule has 0 aromatic carbocycles. The monoisotopic (exact) mass is 475 g/mol. The van der Waals surface area contributed by atoms with Gasteiger partial charge in [-0.15, -0.1) is 46.7 Å². The lowest BCUT2D eigenvalue weighted by atomic mass is 9.91. The molecule has 8 heteroatoms. The lowest BCUT2D eigenvalue weighted by Crippen LogP contribution is -2.43. The molecule has 0 amide bonds. The van der Waals surface area contributed by atoms with Crippen molar-refractivity contribution in [3.8, 4) is 0 Å². The van der Waals surface area contributed by atoms with Crippen molar-refractivity contribution in [3.05, 3.63) is 45.9 Å². The van der Waals surface area contributed by atoms with Crippen LogP contribution in [0.25, 0.3) is 4.96 Å². The number of nitrogens with zero attached hydrogens (tertiary/aromatic N) is 3. The van der Waals surface area contributed by atoms with E-state index in [2.05, 4.69) is 52.0 Å². The molecule has 0 unspecified atom stereocenters. The topological polar surface area (TPSA) is 53.7 Å². The minimum Gasteiger partial charge on any atom is -0.356 e. The van der Waals surface area contributed by atoms with E-state index in [-0.39, 0.29) is 29.4 Å². The summed E-state index contributed by atoms with van der Waals surface area (Å²) in [4.78, 5) is 11.2. The van der Waals surface area contributed by atoms with Gasteiger partial charge >= 0.3 is 0 Å². The first-order valence-electron chi connectivity index (χ1n) is 7.48. The average Bonchev–Trinajstić information content (AvgIpc) is 3.24. The number of aromatic nitrogens is 2. The summed E-state index contributed by atoms with van der Waals surface area (Å²) in [5, 5.41) is 10.9. The van der Waals surface area contributed by atoms with Crippen molar-refractivity contribution >= 4 is 57.6 Å². The van der Waals surface area contributed by atoms with E-state index in [1.807, 2.05) is 22.2 Å². The van der Waals surface area contributed by atoms with Gasteiger partial charge in [0.15, 0.2) is 10.9 Å². The van der Waals surface area contributed by atoms with Crippen LogP contribution >= 0.6 is 46.7 Å². The third-order valence-electron chi connectivity index (χ3n) is 3.69. The van der Waals surface area contributed by atoms with Crippen LogP contribution in [-0.4, -0.2) is 28.9 Å². The van der Waals surface area contributed by atoms with Gasteiger partial charge in [0, 0.05) is 41.7 Å². The molecule has 5 nitrogen and oxygen atoms in total. The van der Waals surface area contributed by atoms with Crippen molar-refractivity contribution < 1.29 is 0 Å². The molecule has 24 heavy (non-hydrogen) atoms. The number of guanidine groups is 1. The lowest BCUT2D eigenvalue weighted by molar-refractivity contribution is 0.518. The molecule has 0 aliphatic heterocycles. The first kappa shape index (κ1) is 19.2. The molecule has 0 saturated heterocycles. The van der Waals surface area contributed by atoms with Crippen LogP contribution in [0.5, 0.6) is 0 Å². The van der Waals surface area contributed by atoms with Crippen LogP contribution in [-0.2, 0) is 12.0 Å². The Morgan fingerprint density at radius 3 is 2.79 bits per heavy atom. The number of aliphatic imine (C=N–C) groups is 1. The van der Waals surface area contributed by atoms with Gasteiger partial charge in [-0.25, -0.2) is 4.98 Å². The maximum atomic E-state index is 4.57. The van der Waals surface area contributed by atoms with Gasteiger partial charge in [0.25, 0.3) is 0 Å². The number of imidazole rings is 1. The Hall–Kier alpha value is -1.13. The van der Waals surface area contributed by atoms with Crippen molar-refractivity contribution in [1.29, 1.82) is 0 Å². The Labute approximate surface area is 167 Å². The van der Waals surface area contributed by atoms with Gasteiger partial charge in [-0.2, -0.15) is 0 Å². The smallest absolute Gasteiger partial charge is 0.193 e. The number of thiazole rings is 1. The van der Waals surface area contributed by atoms with Crippen LogP contribution in [0.4, 0.5) is 0 Å². The van der Waals surface area contributed by atoms with Gasteiger partial charge in [0.2, 0.25) is 0 Å². The van der Waals surface area contributed by atoms with Gasteiger partial charge < -0.3 is 10.6 Å². The van der Waals surface area contributed by atoms with Crippen LogP contribution < -0.4 is 10.6 Å². The van der Waals surface area contributed by atoms with Crippen molar-refractivity contribution in [2.24, 2.45) is 4.99 Å². The molecule has 0 atom stereocenters. The Bertz CT molecular complexity index is 760. The third kappa shape index (κ3) is 4.48. The Kier molecular flexibility index (Phi) is 6.64. The lowest BCUT2D eigenvalue weighted by Gasteiger charge is -2.25. The minimum atomic E-state index is 0. The van der Waals surface area contributed by atoms with E-state index < -0.39 is 0 Å². The summed E-state index contributed by atoms with van der Waals surface area (Å²) in [5.41, 5.74) is 1.08.